The fourth-order valence-electron chi connectivity index (χ4n) is 5.71. The summed E-state index contributed by atoms with van der Waals surface area (Å²) in [5.74, 6) is 0.628. The number of anilines is 1. The van der Waals surface area contributed by atoms with Crippen LogP contribution in [0.4, 0.5) is 5.69 Å². The van der Waals surface area contributed by atoms with E-state index in [0.717, 1.165) is 23.7 Å². The summed E-state index contributed by atoms with van der Waals surface area (Å²) in [5, 5.41) is 4.32. The summed E-state index contributed by atoms with van der Waals surface area (Å²) in [6.07, 6.45) is 11.2. The lowest BCUT2D eigenvalue weighted by Crippen LogP contribution is -2.34. The molecule has 0 radical (unpaired) electrons. The molecule has 1 heterocycles. The van der Waals surface area contributed by atoms with Gasteiger partial charge in [-0.3, -0.25) is 0 Å². The van der Waals surface area contributed by atoms with E-state index in [-0.39, 0.29) is 5.60 Å². The molecule has 28 heavy (non-hydrogen) atoms. The monoisotopic (exact) mass is 395 g/mol. The van der Waals surface area contributed by atoms with Gasteiger partial charge in [0.15, 0.2) is 0 Å². The van der Waals surface area contributed by atoms with Gasteiger partial charge in [-0.15, -0.1) is 0 Å². The van der Waals surface area contributed by atoms with E-state index in [2.05, 4.69) is 38.2 Å². The third kappa shape index (κ3) is 2.88. The van der Waals surface area contributed by atoms with Gasteiger partial charge in [-0.25, -0.2) is 0 Å². The first-order valence-corrected chi connectivity index (χ1v) is 11.1. The molecule has 1 aromatic rings. The molecule has 4 aliphatic rings. The lowest BCUT2D eigenvalue weighted by molar-refractivity contribution is 0.235. The summed E-state index contributed by atoms with van der Waals surface area (Å²) in [4.78, 5) is 0. The van der Waals surface area contributed by atoms with E-state index in [0.29, 0.717) is 17.4 Å². The van der Waals surface area contributed by atoms with Crippen molar-refractivity contribution in [2.75, 3.05) is 11.9 Å². The number of allylic oxidation sites excluding steroid dienone is 3. The number of benzene rings is 1. The van der Waals surface area contributed by atoms with Gasteiger partial charge in [0.1, 0.15) is 5.60 Å². The van der Waals surface area contributed by atoms with Gasteiger partial charge in [-0.2, -0.15) is 0 Å². The Hall–Kier alpha value is -1.51. The molecule has 1 saturated heterocycles. The van der Waals surface area contributed by atoms with Crippen molar-refractivity contribution >= 4 is 17.3 Å². The Morgan fingerprint density at radius 2 is 1.93 bits per heavy atom. The molecule has 3 aliphatic carbocycles. The number of nitrogens with one attached hydrogen (secondary N) is 1. The Kier molecular flexibility index (Phi) is 4.30. The molecule has 1 spiro atoms. The highest BCUT2D eigenvalue weighted by molar-refractivity contribution is 6.30. The molecule has 3 heteroatoms. The second kappa shape index (κ2) is 6.50. The van der Waals surface area contributed by atoms with E-state index >= 15 is 0 Å². The summed E-state index contributed by atoms with van der Waals surface area (Å²) in [6, 6.07) is 7.94. The Morgan fingerprint density at radius 3 is 2.68 bits per heavy atom. The predicted molar refractivity (Wildman–Crippen MR) is 117 cm³/mol. The van der Waals surface area contributed by atoms with Crippen molar-refractivity contribution in [3.8, 4) is 0 Å². The van der Waals surface area contributed by atoms with Crippen molar-refractivity contribution in [1.82, 2.24) is 0 Å². The van der Waals surface area contributed by atoms with Gasteiger partial charge < -0.3 is 10.1 Å². The van der Waals surface area contributed by atoms with E-state index in [1.165, 1.54) is 36.8 Å². The van der Waals surface area contributed by atoms with Crippen LogP contribution in [-0.2, 0) is 4.74 Å². The van der Waals surface area contributed by atoms with E-state index in [4.69, 9.17) is 16.3 Å². The zero-order valence-electron chi connectivity index (χ0n) is 17.1. The first kappa shape index (κ1) is 18.5. The van der Waals surface area contributed by atoms with Gasteiger partial charge in [-0.05, 0) is 84.4 Å². The van der Waals surface area contributed by atoms with Crippen LogP contribution in [0.5, 0.6) is 0 Å². The van der Waals surface area contributed by atoms with E-state index in [9.17, 15) is 0 Å². The SMILES string of the molecule is CC(C)C1=C2C3=CC=C(CNc4ccc(Cl)cc4)C[C@@H]4O[C@@]34CC[C@@]2(C)CC1. The minimum absolute atomic E-state index is 0.00214. The van der Waals surface area contributed by atoms with Crippen LogP contribution in [-0.4, -0.2) is 18.2 Å². The number of epoxide rings is 1. The molecule has 5 rings (SSSR count). The Bertz CT molecular complexity index is 894. The van der Waals surface area contributed by atoms with Gasteiger partial charge in [0.2, 0.25) is 0 Å². The molecule has 2 nitrogen and oxygen atoms in total. The molecule has 0 aromatic heterocycles. The van der Waals surface area contributed by atoms with Gasteiger partial charge in [0.05, 0.1) is 6.10 Å². The van der Waals surface area contributed by atoms with Gasteiger partial charge >= 0.3 is 0 Å². The molecule has 2 fully saturated rings. The normalized spacial score (nSPS) is 33.5. The number of rotatable bonds is 4. The van der Waals surface area contributed by atoms with Crippen LogP contribution in [0.3, 0.4) is 0 Å². The molecule has 1 aliphatic heterocycles. The smallest absolute Gasteiger partial charge is 0.120 e. The molecule has 0 unspecified atom stereocenters. The zero-order chi connectivity index (χ0) is 19.5. The molecular formula is C25H30ClNO. The van der Waals surface area contributed by atoms with E-state index in [1.807, 2.05) is 24.3 Å². The summed E-state index contributed by atoms with van der Waals surface area (Å²) in [7, 11) is 0. The quantitative estimate of drug-likeness (QED) is 0.574. The Morgan fingerprint density at radius 1 is 1.14 bits per heavy atom. The minimum atomic E-state index is -0.00214. The molecule has 1 aromatic carbocycles. The third-order valence-corrected chi connectivity index (χ3v) is 7.71. The maximum Gasteiger partial charge on any atom is 0.120 e. The summed E-state index contributed by atoms with van der Waals surface area (Å²) in [6.45, 7) is 8.05. The fourth-order valence-corrected chi connectivity index (χ4v) is 5.84. The van der Waals surface area contributed by atoms with Crippen molar-refractivity contribution < 1.29 is 4.74 Å². The Balaban J connectivity index is 1.43. The van der Waals surface area contributed by atoms with Crippen LogP contribution >= 0.6 is 11.6 Å². The number of halogens is 1. The van der Waals surface area contributed by atoms with Crippen LogP contribution < -0.4 is 5.32 Å². The molecule has 148 valence electrons. The average molecular weight is 396 g/mol. The highest BCUT2D eigenvalue weighted by Gasteiger charge is 2.64. The Labute approximate surface area is 173 Å². The fraction of sp³-hybridized carbons (Fsp3) is 0.520. The first-order valence-electron chi connectivity index (χ1n) is 10.7. The van der Waals surface area contributed by atoms with E-state index in [1.54, 1.807) is 11.1 Å². The number of ether oxygens (including phenoxy) is 1. The molecule has 3 atom stereocenters. The van der Waals surface area contributed by atoms with Crippen molar-refractivity contribution in [1.29, 1.82) is 0 Å². The third-order valence-electron chi connectivity index (χ3n) is 7.45. The molecule has 0 amide bonds. The highest BCUT2D eigenvalue weighted by atomic mass is 35.5. The molecule has 1 N–H and O–H groups in total. The van der Waals surface area contributed by atoms with E-state index < -0.39 is 0 Å². The summed E-state index contributed by atoms with van der Waals surface area (Å²) >= 11 is 6.00. The second-order valence-corrected chi connectivity index (χ2v) is 10.0. The minimum Gasteiger partial charge on any atom is -0.381 e. The topological polar surface area (TPSA) is 24.6 Å². The first-order chi connectivity index (χ1) is 13.4. The van der Waals surface area contributed by atoms with Crippen molar-refractivity contribution in [2.45, 2.75) is 64.6 Å². The van der Waals surface area contributed by atoms with Gasteiger partial charge in [0, 0.05) is 17.3 Å². The molecular weight excluding hydrogens is 366 g/mol. The summed E-state index contributed by atoms with van der Waals surface area (Å²) < 4.78 is 6.44. The number of hydrogen-bond acceptors (Lipinski definition) is 2. The van der Waals surface area contributed by atoms with Crippen LogP contribution in [0.15, 0.2) is 58.7 Å². The lowest BCUT2D eigenvalue weighted by atomic mass is 9.64. The maximum absolute atomic E-state index is 6.44. The second-order valence-electron chi connectivity index (χ2n) is 9.58. The van der Waals surface area contributed by atoms with Crippen LogP contribution in [0.2, 0.25) is 5.02 Å². The van der Waals surface area contributed by atoms with Crippen molar-refractivity contribution in [3.05, 3.63) is 63.7 Å². The number of hydrogen-bond donors (Lipinski definition) is 1. The zero-order valence-corrected chi connectivity index (χ0v) is 17.9. The van der Waals surface area contributed by atoms with Gasteiger partial charge in [-0.1, -0.05) is 50.1 Å². The lowest BCUT2D eigenvalue weighted by Gasteiger charge is -2.39. The highest BCUT2D eigenvalue weighted by Crippen LogP contribution is 2.65. The predicted octanol–water partition coefficient (Wildman–Crippen LogP) is 6.69. The van der Waals surface area contributed by atoms with Crippen LogP contribution in [0, 0.1) is 11.3 Å². The van der Waals surface area contributed by atoms with Crippen LogP contribution in [0.1, 0.15) is 52.9 Å². The van der Waals surface area contributed by atoms with Crippen LogP contribution in [0.25, 0.3) is 0 Å². The average Bonchev–Trinajstić information content (AvgIpc) is 3.26. The maximum atomic E-state index is 6.44. The van der Waals surface area contributed by atoms with Gasteiger partial charge in [0.25, 0.3) is 0 Å². The van der Waals surface area contributed by atoms with Crippen molar-refractivity contribution in [2.24, 2.45) is 11.3 Å². The van der Waals surface area contributed by atoms with Crippen molar-refractivity contribution in [3.63, 3.8) is 0 Å². The largest absolute Gasteiger partial charge is 0.381 e. The molecule has 0 bridgehead atoms. The standard InChI is InChI=1S/C25H30ClNO/c1-16(2)20-10-11-24(3)12-13-25-21(23(20)24)9-4-17(14-22(25)28-25)15-27-19-7-5-18(26)6-8-19/h4-9,16,22,27H,10-15H2,1-3H3/t22-,24+,25-/m0/s1. The number of fused-ring (bicyclic) bond motifs is 2. The summed E-state index contributed by atoms with van der Waals surface area (Å²) in [5.41, 5.74) is 7.72. The molecule has 1 saturated carbocycles.